The smallest absolute Gasteiger partial charge is 0.0502 e. The van der Waals surface area contributed by atoms with E-state index in [-0.39, 0.29) is 0 Å². The standard InChI is InChI=1S/C14H23NO/c1-15(2)11-14(12-16-3)10-9-13-7-5-4-6-8-13/h4-8,14H,9-12H2,1-3H3. The van der Waals surface area contributed by atoms with Crippen LogP contribution in [0.15, 0.2) is 30.3 Å². The van der Waals surface area contributed by atoms with Crippen molar-refractivity contribution in [2.45, 2.75) is 12.8 Å². The number of nitrogens with zero attached hydrogens (tertiary/aromatic N) is 1. The number of ether oxygens (including phenoxy) is 1. The van der Waals surface area contributed by atoms with Gasteiger partial charge in [-0.2, -0.15) is 0 Å². The van der Waals surface area contributed by atoms with Crippen molar-refractivity contribution in [3.05, 3.63) is 35.9 Å². The third kappa shape index (κ3) is 5.29. The van der Waals surface area contributed by atoms with E-state index >= 15 is 0 Å². The lowest BCUT2D eigenvalue weighted by atomic mass is 10.00. The Labute approximate surface area is 99.2 Å². The van der Waals surface area contributed by atoms with E-state index in [1.165, 1.54) is 12.0 Å². The van der Waals surface area contributed by atoms with Crippen molar-refractivity contribution in [1.29, 1.82) is 0 Å². The molecule has 0 aromatic heterocycles. The van der Waals surface area contributed by atoms with Gasteiger partial charge in [0.1, 0.15) is 0 Å². The van der Waals surface area contributed by atoms with Crippen LogP contribution < -0.4 is 0 Å². The molecule has 0 N–H and O–H groups in total. The van der Waals surface area contributed by atoms with E-state index in [1.807, 2.05) is 0 Å². The number of methoxy groups -OCH3 is 1. The van der Waals surface area contributed by atoms with Crippen molar-refractivity contribution in [2.24, 2.45) is 5.92 Å². The summed E-state index contributed by atoms with van der Waals surface area (Å²) < 4.78 is 5.27. The molecule has 0 aliphatic heterocycles. The first-order valence-electron chi connectivity index (χ1n) is 5.90. The van der Waals surface area contributed by atoms with Crippen LogP contribution in [0.2, 0.25) is 0 Å². The lowest BCUT2D eigenvalue weighted by Gasteiger charge is -2.20. The molecular weight excluding hydrogens is 198 g/mol. The predicted octanol–water partition coefficient (Wildman–Crippen LogP) is 2.44. The zero-order chi connectivity index (χ0) is 11.8. The molecule has 0 spiro atoms. The minimum absolute atomic E-state index is 0.625. The number of aryl methyl sites for hydroxylation is 1. The minimum Gasteiger partial charge on any atom is -0.384 e. The molecule has 0 bridgehead atoms. The van der Waals surface area contributed by atoms with Crippen LogP contribution in [0.25, 0.3) is 0 Å². The maximum Gasteiger partial charge on any atom is 0.0502 e. The summed E-state index contributed by atoms with van der Waals surface area (Å²) in [5, 5.41) is 0. The largest absolute Gasteiger partial charge is 0.384 e. The Morgan fingerprint density at radius 1 is 1.19 bits per heavy atom. The van der Waals surface area contributed by atoms with Crippen LogP contribution in [0, 0.1) is 5.92 Å². The van der Waals surface area contributed by atoms with Crippen molar-refractivity contribution >= 4 is 0 Å². The monoisotopic (exact) mass is 221 g/mol. The molecule has 1 unspecified atom stereocenters. The zero-order valence-electron chi connectivity index (χ0n) is 10.6. The summed E-state index contributed by atoms with van der Waals surface area (Å²) >= 11 is 0. The van der Waals surface area contributed by atoms with E-state index in [0.717, 1.165) is 19.6 Å². The van der Waals surface area contributed by atoms with Gasteiger partial charge in [-0.15, -0.1) is 0 Å². The van der Waals surface area contributed by atoms with Crippen molar-refractivity contribution in [2.75, 3.05) is 34.4 Å². The molecule has 0 amide bonds. The first kappa shape index (κ1) is 13.2. The summed E-state index contributed by atoms with van der Waals surface area (Å²) in [4.78, 5) is 2.23. The van der Waals surface area contributed by atoms with Gasteiger partial charge in [-0.3, -0.25) is 0 Å². The highest BCUT2D eigenvalue weighted by Gasteiger charge is 2.09. The van der Waals surface area contributed by atoms with Gasteiger partial charge in [0.05, 0.1) is 6.61 Å². The van der Waals surface area contributed by atoms with Gasteiger partial charge in [0.15, 0.2) is 0 Å². The normalized spacial score (nSPS) is 13.0. The van der Waals surface area contributed by atoms with E-state index in [4.69, 9.17) is 4.74 Å². The fraction of sp³-hybridized carbons (Fsp3) is 0.571. The molecule has 1 aromatic rings. The third-order valence-corrected chi connectivity index (χ3v) is 2.71. The molecule has 0 radical (unpaired) electrons. The molecule has 2 nitrogen and oxygen atoms in total. The second kappa shape index (κ2) is 7.42. The van der Waals surface area contributed by atoms with Gasteiger partial charge < -0.3 is 9.64 Å². The van der Waals surface area contributed by atoms with Crippen LogP contribution >= 0.6 is 0 Å². The van der Waals surface area contributed by atoms with E-state index in [0.29, 0.717) is 5.92 Å². The quantitative estimate of drug-likeness (QED) is 0.701. The summed E-state index contributed by atoms with van der Waals surface area (Å²) in [5.74, 6) is 0.625. The van der Waals surface area contributed by atoms with Gasteiger partial charge in [-0.05, 0) is 38.4 Å². The van der Waals surface area contributed by atoms with Gasteiger partial charge in [-0.1, -0.05) is 30.3 Å². The third-order valence-electron chi connectivity index (χ3n) is 2.71. The summed E-state index contributed by atoms with van der Waals surface area (Å²) in [7, 11) is 6.02. The van der Waals surface area contributed by atoms with Gasteiger partial charge in [0.25, 0.3) is 0 Å². The number of hydrogen-bond donors (Lipinski definition) is 0. The fourth-order valence-corrected chi connectivity index (χ4v) is 1.99. The number of hydrogen-bond acceptors (Lipinski definition) is 2. The molecule has 2 heteroatoms. The Morgan fingerprint density at radius 2 is 1.88 bits per heavy atom. The highest BCUT2D eigenvalue weighted by molar-refractivity contribution is 5.14. The topological polar surface area (TPSA) is 12.5 Å². The molecule has 1 aromatic carbocycles. The molecule has 0 aliphatic rings. The van der Waals surface area contributed by atoms with Crippen molar-refractivity contribution < 1.29 is 4.74 Å². The maximum atomic E-state index is 5.27. The molecule has 0 aliphatic carbocycles. The highest BCUT2D eigenvalue weighted by atomic mass is 16.5. The molecule has 0 heterocycles. The van der Waals surface area contributed by atoms with Crippen LogP contribution in [-0.4, -0.2) is 39.3 Å². The molecule has 0 saturated carbocycles. The van der Waals surface area contributed by atoms with Crippen molar-refractivity contribution in [3.8, 4) is 0 Å². The maximum absolute atomic E-state index is 5.27. The second-order valence-corrected chi connectivity index (χ2v) is 4.61. The molecule has 1 atom stereocenters. The highest BCUT2D eigenvalue weighted by Crippen LogP contribution is 2.11. The van der Waals surface area contributed by atoms with Gasteiger partial charge in [0, 0.05) is 13.7 Å². The Bertz CT molecular complexity index is 271. The van der Waals surface area contributed by atoms with Crippen molar-refractivity contribution in [3.63, 3.8) is 0 Å². The van der Waals surface area contributed by atoms with Gasteiger partial charge >= 0.3 is 0 Å². The average molecular weight is 221 g/mol. The van der Waals surface area contributed by atoms with Gasteiger partial charge in [0.2, 0.25) is 0 Å². The predicted molar refractivity (Wildman–Crippen MR) is 68.7 cm³/mol. The van der Waals surface area contributed by atoms with E-state index in [1.54, 1.807) is 7.11 Å². The molecule has 16 heavy (non-hydrogen) atoms. The Kier molecular flexibility index (Phi) is 6.12. The Balaban J connectivity index is 2.37. The Hall–Kier alpha value is -0.860. The molecule has 0 fully saturated rings. The van der Waals surface area contributed by atoms with Crippen LogP contribution in [-0.2, 0) is 11.2 Å². The zero-order valence-corrected chi connectivity index (χ0v) is 10.6. The number of benzene rings is 1. The SMILES string of the molecule is COCC(CCc1ccccc1)CN(C)C. The molecule has 1 rings (SSSR count). The van der Waals surface area contributed by atoms with Crippen molar-refractivity contribution in [1.82, 2.24) is 4.90 Å². The summed E-state index contributed by atoms with van der Waals surface area (Å²) in [5.41, 5.74) is 1.42. The lowest BCUT2D eigenvalue weighted by Crippen LogP contribution is -2.25. The molecule has 0 saturated heterocycles. The van der Waals surface area contributed by atoms with Crippen LogP contribution in [0.5, 0.6) is 0 Å². The van der Waals surface area contributed by atoms with E-state index in [2.05, 4.69) is 49.3 Å². The van der Waals surface area contributed by atoms with E-state index in [9.17, 15) is 0 Å². The van der Waals surface area contributed by atoms with E-state index < -0.39 is 0 Å². The second-order valence-electron chi connectivity index (χ2n) is 4.61. The summed E-state index contributed by atoms with van der Waals surface area (Å²) in [6, 6.07) is 10.7. The minimum atomic E-state index is 0.625. The molecular formula is C14H23NO. The first-order chi connectivity index (χ1) is 7.72. The first-order valence-corrected chi connectivity index (χ1v) is 5.90. The number of rotatable bonds is 7. The summed E-state index contributed by atoms with van der Waals surface area (Å²) in [6.07, 6.45) is 2.33. The lowest BCUT2D eigenvalue weighted by molar-refractivity contribution is 0.130. The van der Waals surface area contributed by atoms with Crippen LogP contribution in [0.1, 0.15) is 12.0 Å². The molecule has 90 valence electrons. The van der Waals surface area contributed by atoms with Gasteiger partial charge in [-0.25, -0.2) is 0 Å². The summed E-state index contributed by atoms with van der Waals surface area (Å²) in [6.45, 7) is 1.95. The van der Waals surface area contributed by atoms with Crippen LogP contribution in [0.4, 0.5) is 0 Å². The average Bonchev–Trinajstić information content (AvgIpc) is 2.27. The fourth-order valence-electron chi connectivity index (χ4n) is 1.99. The Morgan fingerprint density at radius 3 is 2.44 bits per heavy atom. The van der Waals surface area contributed by atoms with Crippen LogP contribution in [0.3, 0.4) is 0 Å².